The summed E-state index contributed by atoms with van der Waals surface area (Å²) in [6, 6.07) is 0. The van der Waals surface area contributed by atoms with Crippen LogP contribution in [0.4, 0.5) is 0 Å². The number of aliphatic hydroxyl groups excluding tert-OH is 1. The summed E-state index contributed by atoms with van der Waals surface area (Å²) in [5.41, 5.74) is 0. The number of methoxy groups -OCH3 is 1. The molecule has 1 aliphatic rings. The number of hydrogen-bond acceptors (Lipinski definition) is 3. The second kappa shape index (κ2) is 7.20. The standard InChI is InChI=1S/C12H25NO2/c1-13(9-12(14)10-15-2)8-11-6-4-3-5-7-11/h11-12,14H,3-10H2,1-2H3. The summed E-state index contributed by atoms with van der Waals surface area (Å²) >= 11 is 0. The molecule has 0 heterocycles. The van der Waals surface area contributed by atoms with Gasteiger partial charge in [-0.15, -0.1) is 0 Å². The van der Waals surface area contributed by atoms with Gasteiger partial charge in [-0.2, -0.15) is 0 Å². The SMILES string of the molecule is COCC(O)CN(C)CC1CCCCC1. The summed E-state index contributed by atoms with van der Waals surface area (Å²) in [4.78, 5) is 2.24. The van der Waals surface area contributed by atoms with Gasteiger partial charge in [0.2, 0.25) is 0 Å². The number of likely N-dealkylation sites (N-methyl/N-ethyl adjacent to an activating group) is 1. The van der Waals surface area contributed by atoms with Gasteiger partial charge >= 0.3 is 0 Å². The van der Waals surface area contributed by atoms with Crippen molar-refractivity contribution in [3.8, 4) is 0 Å². The van der Waals surface area contributed by atoms with Crippen LogP contribution in [0, 0.1) is 5.92 Å². The third-order valence-corrected chi connectivity index (χ3v) is 3.18. The molecule has 1 N–H and O–H groups in total. The van der Waals surface area contributed by atoms with E-state index in [0.717, 1.165) is 19.0 Å². The first-order chi connectivity index (χ1) is 7.22. The Morgan fingerprint density at radius 2 is 2.00 bits per heavy atom. The maximum atomic E-state index is 9.58. The van der Waals surface area contributed by atoms with Crippen LogP contribution in [0.25, 0.3) is 0 Å². The summed E-state index contributed by atoms with van der Waals surface area (Å²) in [5.74, 6) is 0.846. The zero-order valence-corrected chi connectivity index (χ0v) is 10.1. The van der Waals surface area contributed by atoms with Gasteiger partial charge in [-0.1, -0.05) is 19.3 Å². The van der Waals surface area contributed by atoms with Crippen LogP contribution in [0.5, 0.6) is 0 Å². The minimum Gasteiger partial charge on any atom is -0.389 e. The van der Waals surface area contributed by atoms with Gasteiger partial charge < -0.3 is 14.7 Å². The molecule has 0 aliphatic heterocycles. The Bertz CT molecular complexity index is 158. The van der Waals surface area contributed by atoms with Gasteiger partial charge in [-0.3, -0.25) is 0 Å². The lowest BCUT2D eigenvalue weighted by Gasteiger charge is -2.28. The largest absolute Gasteiger partial charge is 0.389 e. The first-order valence-electron chi connectivity index (χ1n) is 6.08. The van der Waals surface area contributed by atoms with Crippen molar-refractivity contribution in [2.24, 2.45) is 5.92 Å². The topological polar surface area (TPSA) is 32.7 Å². The monoisotopic (exact) mass is 215 g/mol. The third-order valence-electron chi connectivity index (χ3n) is 3.18. The predicted octanol–water partition coefficient (Wildman–Crippen LogP) is 1.51. The fraction of sp³-hybridized carbons (Fsp3) is 1.00. The van der Waals surface area contributed by atoms with Crippen LogP contribution in [-0.2, 0) is 4.74 Å². The molecule has 3 heteroatoms. The Balaban J connectivity index is 2.13. The second-order valence-electron chi connectivity index (χ2n) is 4.83. The highest BCUT2D eigenvalue weighted by molar-refractivity contribution is 4.70. The number of hydrogen-bond donors (Lipinski definition) is 1. The van der Waals surface area contributed by atoms with E-state index in [-0.39, 0.29) is 6.10 Å². The molecule has 0 bridgehead atoms. The second-order valence-corrected chi connectivity index (χ2v) is 4.83. The predicted molar refractivity (Wildman–Crippen MR) is 62.0 cm³/mol. The van der Waals surface area contributed by atoms with E-state index in [4.69, 9.17) is 4.74 Å². The van der Waals surface area contributed by atoms with Crippen LogP contribution in [0.2, 0.25) is 0 Å². The summed E-state index contributed by atoms with van der Waals surface area (Å²) in [7, 11) is 3.72. The zero-order chi connectivity index (χ0) is 11.1. The summed E-state index contributed by atoms with van der Waals surface area (Å²) in [6.07, 6.45) is 6.57. The summed E-state index contributed by atoms with van der Waals surface area (Å²) in [6.45, 7) is 2.29. The van der Waals surface area contributed by atoms with E-state index in [1.807, 2.05) is 0 Å². The minimum atomic E-state index is -0.344. The normalized spacial score (nSPS) is 20.8. The van der Waals surface area contributed by atoms with Crippen molar-refractivity contribution in [1.82, 2.24) is 4.90 Å². The smallest absolute Gasteiger partial charge is 0.0899 e. The molecule has 1 aliphatic carbocycles. The quantitative estimate of drug-likeness (QED) is 0.729. The average molecular weight is 215 g/mol. The molecule has 1 saturated carbocycles. The fourth-order valence-corrected chi connectivity index (χ4v) is 2.49. The maximum Gasteiger partial charge on any atom is 0.0899 e. The van der Waals surface area contributed by atoms with Gasteiger partial charge in [-0.25, -0.2) is 0 Å². The van der Waals surface area contributed by atoms with Crippen molar-refractivity contribution in [3.05, 3.63) is 0 Å². The van der Waals surface area contributed by atoms with Crippen molar-refractivity contribution in [2.75, 3.05) is 33.9 Å². The number of ether oxygens (including phenoxy) is 1. The molecule has 0 aromatic carbocycles. The number of nitrogens with zero attached hydrogens (tertiary/aromatic N) is 1. The molecule has 1 atom stereocenters. The Kier molecular flexibility index (Phi) is 6.22. The van der Waals surface area contributed by atoms with Gasteiger partial charge in [0.15, 0.2) is 0 Å². The lowest BCUT2D eigenvalue weighted by Crippen LogP contribution is -2.35. The van der Waals surface area contributed by atoms with E-state index < -0.39 is 0 Å². The van der Waals surface area contributed by atoms with Crippen molar-refractivity contribution >= 4 is 0 Å². The molecule has 0 spiro atoms. The van der Waals surface area contributed by atoms with Crippen LogP contribution < -0.4 is 0 Å². The molecule has 1 unspecified atom stereocenters. The van der Waals surface area contributed by atoms with E-state index in [2.05, 4.69) is 11.9 Å². The Hall–Kier alpha value is -0.120. The summed E-state index contributed by atoms with van der Waals surface area (Å²) < 4.78 is 4.92. The van der Waals surface area contributed by atoms with Crippen LogP contribution >= 0.6 is 0 Å². The molecule has 3 nitrogen and oxygen atoms in total. The van der Waals surface area contributed by atoms with Gasteiger partial charge in [0.25, 0.3) is 0 Å². The molecule has 0 saturated heterocycles. The van der Waals surface area contributed by atoms with Gasteiger partial charge in [0, 0.05) is 20.2 Å². The van der Waals surface area contributed by atoms with Crippen molar-refractivity contribution in [3.63, 3.8) is 0 Å². The Labute approximate surface area is 93.4 Å². The van der Waals surface area contributed by atoms with Gasteiger partial charge in [0.05, 0.1) is 12.7 Å². The van der Waals surface area contributed by atoms with E-state index in [1.165, 1.54) is 32.1 Å². The lowest BCUT2D eigenvalue weighted by molar-refractivity contribution is 0.0391. The van der Waals surface area contributed by atoms with Crippen molar-refractivity contribution < 1.29 is 9.84 Å². The molecule has 1 fully saturated rings. The van der Waals surface area contributed by atoms with Crippen molar-refractivity contribution in [1.29, 1.82) is 0 Å². The highest BCUT2D eigenvalue weighted by Gasteiger charge is 2.16. The zero-order valence-electron chi connectivity index (χ0n) is 10.1. The van der Waals surface area contributed by atoms with Crippen LogP contribution in [0.15, 0.2) is 0 Å². The third kappa shape index (κ3) is 5.50. The molecule has 0 amide bonds. The Morgan fingerprint density at radius 1 is 1.33 bits per heavy atom. The van der Waals surface area contributed by atoms with Crippen LogP contribution in [0.1, 0.15) is 32.1 Å². The van der Waals surface area contributed by atoms with E-state index in [0.29, 0.717) is 6.61 Å². The number of aliphatic hydroxyl groups is 1. The van der Waals surface area contributed by atoms with Crippen LogP contribution in [0.3, 0.4) is 0 Å². The first-order valence-corrected chi connectivity index (χ1v) is 6.08. The van der Waals surface area contributed by atoms with Crippen LogP contribution in [-0.4, -0.2) is 50.0 Å². The lowest BCUT2D eigenvalue weighted by atomic mass is 9.89. The first kappa shape index (κ1) is 12.9. The van der Waals surface area contributed by atoms with E-state index in [1.54, 1.807) is 7.11 Å². The maximum absolute atomic E-state index is 9.58. The fourth-order valence-electron chi connectivity index (χ4n) is 2.49. The Morgan fingerprint density at radius 3 is 2.60 bits per heavy atom. The highest BCUT2D eigenvalue weighted by atomic mass is 16.5. The summed E-state index contributed by atoms with van der Waals surface area (Å²) in [5, 5.41) is 9.58. The van der Waals surface area contributed by atoms with Gasteiger partial charge in [-0.05, 0) is 25.8 Å². The molecule has 0 aromatic rings. The van der Waals surface area contributed by atoms with E-state index >= 15 is 0 Å². The average Bonchev–Trinajstić information content (AvgIpc) is 2.19. The molecule has 0 radical (unpaired) electrons. The molecular formula is C12H25NO2. The molecule has 90 valence electrons. The van der Waals surface area contributed by atoms with Crippen molar-refractivity contribution in [2.45, 2.75) is 38.2 Å². The molecule has 15 heavy (non-hydrogen) atoms. The van der Waals surface area contributed by atoms with Gasteiger partial charge in [0.1, 0.15) is 0 Å². The molecular weight excluding hydrogens is 190 g/mol. The highest BCUT2D eigenvalue weighted by Crippen LogP contribution is 2.23. The van der Waals surface area contributed by atoms with E-state index in [9.17, 15) is 5.11 Å². The molecule has 0 aromatic heterocycles. The minimum absolute atomic E-state index is 0.344. The number of rotatable bonds is 6. The molecule has 1 rings (SSSR count).